The fourth-order valence-corrected chi connectivity index (χ4v) is 3.01. The molecule has 6 nitrogen and oxygen atoms in total. The van der Waals surface area contributed by atoms with E-state index >= 15 is 0 Å². The van der Waals surface area contributed by atoms with Crippen LogP contribution in [0.15, 0.2) is 30.6 Å². The van der Waals surface area contributed by atoms with Crippen molar-refractivity contribution in [2.24, 2.45) is 12.5 Å². The molecule has 0 saturated carbocycles. The number of hydrogen-bond acceptors (Lipinski definition) is 5. The Hall–Kier alpha value is -3.02. The molecule has 0 atom stereocenters. The van der Waals surface area contributed by atoms with E-state index in [4.69, 9.17) is 9.72 Å². The van der Waals surface area contributed by atoms with Crippen molar-refractivity contribution in [3.8, 4) is 11.3 Å². The quantitative estimate of drug-likeness (QED) is 0.519. The predicted molar refractivity (Wildman–Crippen MR) is 104 cm³/mol. The topological polar surface area (TPSA) is 74.1 Å². The van der Waals surface area contributed by atoms with Crippen molar-refractivity contribution in [3.05, 3.63) is 47.3 Å². The molecule has 0 radical (unpaired) electrons. The minimum Gasteiger partial charge on any atom is -0.465 e. The molecule has 0 bridgehead atoms. The maximum Gasteiger partial charge on any atom is 0.337 e. The summed E-state index contributed by atoms with van der Waals surface area (Å²) in [5.41, 5.74) is 3.96. The first-order valence-electron chi connectivity index (χ1n) is 8.69. The van der Waals surface area contributed by atoms with Gasteiger partial charge in [-0.1, -0.05) is 20.8 Å². The lowest BCUT2D eigenvalue weighted by Gasteiger charge is -2.15. The van der Waals surface area contributed by atoms with Crippen LogP contribution in [-0.2, 0) is 11.8 Å². The molecule has 0 N–H and O–H groups in total. The van der Waals surface area contributed by atoms with E-state index in [0.717, 1.165) is 11.1 Å². The van der Waals surface area contributed by atoms with Crippen molar-refractivity contribution in [2.75, 3.05) is 7.11 Å². The number of fused-ring (bicyclic) bond motifs is 1. The maximum atomic E-state index is 12.8. The summed E-state index contributed by atoms with van der Waals surface area (Å²) in [7, 11) is 3.20. The van der Waals surface area contributed by atoms with E-state index < -0.39 is 11.4 Å². The van der Waals surface area contributed by atoms with Crippen LogP contribution < -0.4 is 0 Å². The molecular weight excluding hydrogens is 342 g/mol. The molecule has 3 aromatic rings. The van der Waals surface area contributed by atoms with Crippen molar-refractivity contribution in [2.45, 2.75) is 27.7 Å². The van der Waals surface area contributed by atoms with Crippen molar-refractivity contribution in [3.63, 3.8) is 0 Å². The van der Waals surface area contributed by atoms with Gasteiger partial charge in [-0.2, -0.15) is 0 Å². The Morgan fingerprint density at radius 1 is 1.15 bits per heavy atom. The van der Waals surface area contributed by atoms with Gasteiger partial charge in [0.25, 0.3) is 0 Å². The summed E-state index contributed by atoms with van der Waals surface area (Å²) in [4.78, 5) is 34.0. The third-order valence-electron chi connectivity index (χ3n) is 4.39. The van der Waals surface area contributed by atoms with Crippen LogP contribution in [0.25, 0.3) is 22.4 Å². The Morgan fingerprint density at radius 3 is 2.48 bits per heavy atom. The van der Waals surface area contributed by atoms with Crippen LogP contribution in [0.4, 0.5) is 0 Å². The molecule has 2 heterocycles. The zero-order chi connectivity index (χ0) is 19.9. The number of carbonyl (C=O) groups is 2. The largest absolute Gasteiger partial charge is 0.465 e. The monoisotopic (exact) mass is 365 g/mol. The van der Waals surface area contributed by atoms with Crippen LogP contribution in [0, 0.1) is 12.3 Å². The van der Waals surface area contributed by atoms with Gasteiger partial charge in [0, 0.05) is 24.2 Å². The van der Waals surface area contributed by atoms with E-state index in [9.17, 15) is 9.59 Å². The second-order valence-corrected chi connectivity index (χ2v) is 7.74. The molecule has 2 aromatic heterocycles. The van der Waals surface area contributed by atoms with Gasteiger partial charge in [0.15, 0.2) is 11.4 Å². The normalized spacial score (nSPS) is 11.6. The van der Waals surface area contributed by atoms with Gasteiger partial charge in [-0.15, -0.1) is 0 Å². The first-order chi connectivity index (χ1) is 12.6. The number of Topliss-reactive ketones (excluding diaryl/α,β-unsaturated/α-hetero) is 1. The Kier molecular flexibility index (Phi) is 4.59. The minimum atomic E-state index is -0.520. The van der Waals surface area contributed by atoms with E-state index in [-0.39, 0.29) is 5.78 Å². The second kappa shape index (κ2) is 6.61. The number of nitrogens with zero attached hydrogens (tertiary/aromatic N) is 3. The van der Waals surface area contributed by atoms with Gasteiger partial charge in [0.2, 0.25) is 0 Å². The summed E-state index contributed by atoms with van der Waals surface area (Å²) in [6.45, 7) is 7.55. The highest BCUT2D eigenvalue weighted by atomic mass is 16.5. The summed E-state index contributed by atoms with van der Waals surface area (Å²) >= 11 is 0. The highest BCUT2D eigenvalue weighted by Gasteiger charge is 2.27. The number of rotatable bonds is 3. The molecule has 3 rings (SSSR count). The third-order valence-corrected chi connectivity index (χ3v) is 4.39. The number of aromatic nitrogens is 3. The third kappa shape index (κ3) is 3.47. The van der Waals surface area contributed by atoms with Crippen LogP contribution in [0.1, 0.15) is 47.1 Å². The lowest BCUT2D eigenvalue weighted by molar-refractivity contribution is 0.0600. The Bertz CT molecular complexity index is 1060. The van der Waals surface area contributed by atoms with E-state index in [1.807, 2.05) is 40.8 Å². The average Bonchev–Trinajstić information content (AvgIpc) is 2.95. The van der Waals surface area contributed by atoms with Crippen LogP contribution in [-0.4, -0.2) is 33.4 Å². The number of aryl methyl sites for hydroxylation is 2. The standard InChI is InChI=1S/C21H23N3O3/c1-12-7-13(9-14(8-12)20(26)27-6)16-10-22-19-17(23-16)15(11-24(19)5)18(25)21(2,3)4/h7-11H,1-6H3. The lowest BCUT2D eigenvalue weighted by Crippen LogP contribution is -2.20. The average molecular weight is 365 g/mol. The predicted octanol–water partition coefficient (Wildman–Crippen LogP) is 3.96. The second-order valence-electron chi connectivity index (χ2n) is 7.74. The first kappa shape index (κ1) is 18.8. The summed E-state index contributed by atoms with van der Waals surface area (Å²) < 4.78 is 6.63. The highest BCUT2D eigenvalue weighted by Crippen LogP contribution is 2.28. The van der Waals surface area contributed by atoms with Gasteiger partial charge in [-0.05, 0) is 30.7 Å². The molecule has 0 spiro atoms. The number of ether oxygens (including phenoxy) is 1. The fraction of sp³-hybridized carbons (Fsp3) is 0.333. The maximum absolute atomic E-state index is 12.8. The number of hydrogen-bond donors (Lipinski definition) is 0. The van der Waals surface area contributed by atoms with E-state index in [2.05, 4.69) is 4.98 Å². The van der Waals surface area contributed by atoms with Crippen LogP contribution >= 0.6 is 0 Å². The molecule has 0 aliphatic rings. The van der Waals surface area contributed by atoms with Gasteiger partial charge in [-0.3, -0.25) is 4.79 Å². The molecule has 6 heteroatoms. The molecule has 0 aliphatic heterocycles. The number of benzene rings is 1. The fourth-order valence-electron chi connectivity index (χ4n) is 3.01. The molecule has 0 fully saturated rings. The van der Waals surface area contributed by atoms with Crippen molar-refractivity contribution < 1.29 is 14.3 Å². The molecular formula is C21H23N3O3. The molecule has 140 valence electrons. The molecule has 0 saturated heterocycles. The zero-order valence-corrected chi connectivity index (χ0v) is 16.5. The van der Waals surface area contributed by atoms with Crippen LogP contribution in [0.2, 0.25) is 0 Å². The number of methoxy groups -OCH3 is 1. The summed E-state index contributed by atoms with van der Waals surface area (Å²) in [5.74, 6) is -0.392. The first-order valence-corrected chi connectivity index (χ1v) is 8.69. The molecule has 0 aliphatic carbocycles. The van der Waals surface area contributed by atoms with E-state index in [1.54, 1.807) is 29.1 Å². The zero-order valence-electron chi connectivity index (χ0n) is 16.5. The van der Waals surface area contributed by atoms with E-state index in [1.165, 1.54) is 7.11 Å². The van der Waals surface area contributed by atoms with Gasteiger partial charge >= 0.3 is 5.97 Å². The Balaban J connectivity index is 2.19. The minimum absolute atomic E-state index is 0.0130. The van der Waals surface area contributed by atoms with Gasteiger partial charge in [0.1, 0.15) is 5.52 Å². The lowest BCUT2D eigenvalue weighted by atomic mass is 9.87. The Morgan fingerprint density at radius 2 is 1.85 bits per heavy atom. The van der Waals surface area contributed by atoms with Gasteiger partial charge in [0.05, 0.1) is 30.1 Å². The molecule has 1 aromatic carbocycles. The molecule has 0 unspecified atom stereocenters. The summed E-state index contributed by atoms with van der Waals surface area (Å²) in [6.07, 6.45) is 3.43. The Labute approximate surface area is 158 Å². The molecule has 0 amide bonds. The SMILES string of the molecule is COC(=O)c1cc(C)cc(-c2cnc3c(n2)c(C(=O)C(C)(C)C)cn3C)c1. The van der Waals surface area contributed by atoms with Gasteiger partial charge < -0.3 is 9.30 Å². The van der Waals surface area contributed by atoms with Gasteiger partial charge in [-0.25, -0.2) is 14.8 Å². The van der Waals surface area contributed by atoms with Crippen molar-refractivity contribution in [1.82, 2.24) is 14.5 Å². The summed E-state index contributed by atoms with van der Waals surface area (Å²) in [6, 6.07) is 5.41. The number of ketones is 1. The highest BCUT2D eigenvalue weighted by molar-refractivity contribution is 6.08. The smallest absolute Gasteiger partial charge is 0.337 e. The molecule has 27 heavy (non-hydrogen) atoms. The van der Waals surface area contributed by atoms with Crippen LogP contribution in [0.5, 0.6) is 0 Å². The van der Waals surface area contributed by atoms with Crippen molar-refractivity contribution in [1.29, 1.82) is 0 Å². The van der Waals surface area contributed by atoms with Crippen LogP contribution in [0.3, 0.4) is 0 Å². The number of carbonyl (C=O) groups excluding carboxylic acids is 2. The van der Waals surface area contributed by atoms with E-state index in [0.29, 0.717) is 28.0 Å². The number of esters is 1. The summed E-state index contributed by atoms with van der Waals surface area (Å²) in [5, 5.41) is 0. The van der Waals surface area contributed by atoms with Crippen molar-refractivity contribution >= 4 is 22.9 Å².